The largest absolute Gasteiger partial charge is 0.374 e. The van der Waals surface area contributed by atoms with Gasteiger partial charge in [0.25, 0.3) is 0 Å². The molecule has 1 fully saturated rings. The molecular formula is C16H22N4O2S. The molecule has 23 heavy (non-hydrogen) atoms. The Morgan fingerprint density at radius 1 is 1.52 bits per heavy atom. The molecule has 3 rings (SSSR count). The van der Waals surface area contributed by atoms with Crippen LogP contribution in [-0.2, 0) is 22.6 Å². The summed E-state index contributed by atoms with van der Waals surface area (Å²) in [5.74, 6) is 0.0655. The van der Waals surface area contributed by atoms with Crippen molar-refractivity contribution in [2.75, 3.05) is 26.2 Å². The maximum atomic E-state index is 12.1. The average molecular weight is 334 g/mol. The lowest BCUT2D eigenvalue weighted by Gasteiger charge is -2.32. The Morgan fingerprint density at radius 3 is 3.17 bits per heavy atom. The number of hydrogen-bond donors (Lipinski definition) is 1. The fourth-order valence-corrected chi connectivity index (χ4v) is 3.51. The number of aryl methyl sites for hydroxylation is 1. The normalized spacial score (nSPS) is 18.9. The third kappa shape index (κ3) is 4.89. The number of carbonyl (C=O) groups excluding carboxylic acids is 1. The number of rotatable bonds is 6. The Balaban J connectivity index is 1.42. The number of ether oxygens (including phenoxy) is 1. The van der Waals surface area contributed by atoms with Gasteiger partial charge in [0.15, 0.2) is 0 Å². The van der Waals surface area contributed by atoms with Gasteiger partial charge in [0, 0.05) is 35.2 Å². The van der Waals surface area contributed by atoms with Crippen molar-refractivity contribution in [1.29, 1.82) is 0 Å². The van der Waals surface area contributed by atoms with Crippen LogP contribution < -0.4 is 5.32 Å². The minimum atomic E-state index is 0.0655. The zero-order valence-corrected chi connectivity index (χ0v) is 14.1. The van der Waals surface area contributed by atoms with E-state index in [1.165, 1.54) is 9.75 Å². The number of nitrogens with zero attached hydrogens (tertiary/aromatic N) is 3. The van der Waals surface area contributed by atoms with Gasteiger partial charge in [-0.05, 0) is 25.1 Å². The zero-order valence-electron chi connectivity index (χ0n) is 13.3. The fourth-order valence-electron chi connectivity index (χ4n) is 2.68. The lowest BCUT2D eigenvalue weighted by atomic mass is 10.2. The summed E-state index contributed by atoms with van der Waals surface area (Å²) < 4.78 is 7.63. The van der Waals surface area contributed by atoms with Crippen molar-refractivity contribution in [3.05, 3.63) is 40.3 Å². The topological polar surface area (TPSA) is 59.4 Å². The van der Waals surface area contributed by atoms with E-state index < -0.39 is 0 Å². The first-order chi connectivity index (χ1) is 11.2. The third-order valence-electron chi connectivity index (χ3n) is 3.80. The van der Waals surface area contributed by atoms with E-state index in [0.717, 1.165) is 19.6 Å². The van der Waals surface area contributed by atoms with E-state index in [0.29, 0.717) is 19.7 Å². The highest BCUT2D eigenvalue weighted by atomic mass is 32.1. The molecule has 0 unspecified atom stereocenters. The number of amides is 1. The lowest BCUT2D eigenvalue weighted by Crippen LogP contribution is -2.48. The molecule has 0 saturated carbocycles. The molecule has 1 aliphatic rings. The Kier molecular flexibility index (Phi) is 5.43. The monoisotopic (exact) mass is 334 g/mol. The molecule has 3 heterocycles. The van der Waals surface area contributed by atoms with E-state index in [1.54, 1.807) is 17.5 Å². The first kappa shape index (κ1) is 16.2. The molecule has 1 saturated heterocycles. The van der Waals surface area contributed by atoms with Crippen LogP contribution in [0.15, 0.2) is 30.6 Å². The van der Waals surface area contributed by atoms with Crippen LogP contribution in [0.3, 0.4) is 0 Å². The summed E-state index contributed by atoms with van der Waals surface area (Å²) in [7, 11) is 0. The SMILES string of the molecule is Cc1ccc(CNC(=O)CN2CCO[C@@H](Cn3cccn3)C2)s1. The number of nitrogens with one attached hydrogen (secondary N) is 1. The molecule has 0 radical (unpaired) electrons. The molecule has 1 N–H and O–H groups in total. The number of carbonyl (C=O) groups is 1. The van der Waals surface area contributed by atoms with Crippen molar-refractivity contribution in [3.63, 3.8) is 0 Å². The quantitative estimate of drug-likeness (QED) is 0.864. The molecule has 1 aliphatic heterocycles. The van der Waals surface area contributed by atoms with Gasteiger partial charge in [0.1, 0.15) is 0 Å². The summed E-state index contributed by atoms with van der Waals surface area (Å²) in [4.78, 5) is 16.7. The molecule has 0 aromatic carbocycles. The number of aromatic nitrogens is 2. The molecular weight excluding hydrogens is 312 g/mol. The second kappa shape index (κ2) is 7.72. The van der Waals surface area contributed by atoms with E-state index >= 15 is 0 Å². The molecule has 0 spiro atoms. The first-order valence-electron chi connectivity index (χ1n) is 7.82. The Bertz CT molecular complexity index is 626. The first-order valence-corrected chi connectivity index (χ1v) is 8.64. The molecule has 6 nitrogen and oxygen atoms in total. The standard InChI is InChI=1S/C16H22N4O2S/c1-13-3-4-15(23-13)9-17-16(21)12-19-7-8-22-14(10-19)11-20-6-2-5-18-20/h2-6,14H,7-12H2,1H3,(H,17,21)/t14-/m1/s1. The van der Waals surface area contributed by atoms with E-state index in [-0.39, 0.29) is 12.0 Å². The van der Waals surface area contributed by atoms with Crippen molar-refractivity contribution in [1.82, 2.24) is 20.0 Å². The molecule has 0 aliphatic carbocycles. The Morgan fingerprint density at radius 2 is 2.43 bits per heavy atom. The minimum Gasteiger partial charge on any atom is -0.374 e. The van der Waals surface area contributed by atoms with Crippen LogP contribution in [0.5, 0.6) is 0 Å². The number of morpholine rings is 1. The highest BCUT2D eigenvalue weighted by Crippen LogP contribution is 2.14. The van der Waals surface area contributed by atoms with Crippen LogP contribution in [0.2, 0.25) is 0 Å². The fraction of sp³-hybridized carbons (Fsp3) is 0.500. The van der Waals surface area contributed by atoms with Crippen LogP contribution in [0.4, 0.5) is 0 Å². The summed E-state index contributed by atoms with van der Waals surface area (Å²) in [6.07, 6.45) is 3.77. The summed E-state index contributed by atoms with van der Waals surface area (Å²) in [6.45, 7) is 6.03. The molecule has 2 aromatic rings. The summed E-state index contributed by atoms with van der Waals surface area (Å²) in [6, 6.07) is 6.05. The maximum Gasteiger partial charge on any atom is 0.234 e. The molecule has 1 atom stereocenters. The summed E-state index contributed by atoms with van der Waals surface area (Å²) in [5.41, 5.74) is 0. The van der Waals surface area contributed by atoms with Gasteiger partial charge >= 0.3 is 0 Å². The van der Waals surface area contributed by atoms with E-state index in [1.807, 2.05) is 16.9 Å². The zero-order chi connectivity index (χ0) is 16.1. The van der Waals surface area contributed by atoms with Crippen LogP contribution >= 0.6 is 11.3 Å². The van der Waals surface area contributed by atoms with Gasteiger partial charge in [-0.25, -0.2) is 0 Å². The van der Waals surface area contributed by atoms with Crippen molar-refractivity contribution < 1.29 is 9.53 Å². The van der Waals surface area contributed by atoms with Crippen molar-refractivity contribution >= 4 is 17.2 Å². The van der Waals surface area contributed by atoms with Crippen molar-refractivity contribution in [3.8, 4) is 0 Å². The van der Waals surface area contributed by atoms with E-state index in [9.17, 15) is 4.79 Å². The lowest BCUT2D eigenvalue weighted by molar-refractivity contribution is -0.124. The maximum absolute atomic E-state index is 12.1. The molecule has 7 heteroatoms. The predicted octanol–water partition coefficient (Wildman–Crippen LogP) is 1.27. The second-order valence-electron chi connectivity index (χ2n) is 5.75. The van der Waals surface area contributed by atoms with Gasteiger partial charge in [-0.2, -0.15) is 5.10 Å². The molecule has 1 amide bonds. The summed E-state index contributed by atoms with van der Waals surface area (Å²) >= 11 is 1.72. The van der Waals surface area contributed by atoms with Crippen LogP contribution in [0, 0.1) is 6.92 Å². The third-order valence-corrected chi connectivity index (χ3v) is 4.80. The van der Waals surface area contributed by atoms with Gasteiger partial charge in [0.05, 0.1) is 32.3 Å². The summed E-state index contributed by atoms with van der Waals surface area (Å²) in [5, 5.41) is 7.19. The highest BCUT2D eigenvalue weighted by Gasteiger charge is 2.22. The average Bonchev–Trinajstić information content (AvgIpc) is 3.17. The second-order valence-corrected chi connectivity index (χ2v) is 7.12. The number of hydrogen-bond acceptors (Lipinski definition) is 5. The number of thiophene rings is 1. The van der Waals surface area contributed by atoms with E-state index in [4.69, 9.17) is 4.74 Å². The van der Waals surface area contributed by atoms with Crippen LogP contribution in [-0.4, -0.2) is 52.9 Å². The van der Waals surface area contributed by atoms with Gasteiger partial charge in [-0.15, -0.1) is 11.3 Å². The smallest absolute Gasteiger partial charge is 0.234 e. The van der Waals surface area contributed by atoms with Gasteiger partial charge in [-0.1, -0.05) is 0 Å². The van der Waals surface area contributed by atoms with Gasteiger partial charge in [0.2, 0.25) is 5.91 Å². The van der Waals surface area contributed by atoms with Crippen LogP contribution in [0.1, 0.15) is 9.75 Å². The van der Waals surface area contributed by atoms with E-state index in [2.05, 4.69) is 34.4 Å². The predicted molar refractivity (Wildman–Crippen MR) is 89.3 cm³/mol. The van der Waals surface area contributed by atoms with Crippen molar-refractivity contribution in [2.24, 2.45) is 0 Å². The van der Waals surface area contributed by atoms with Crippen LogP contribution in [0.25, 0.3) is 0 Å². The minimum absolute atomic E-state index is 0.0655. The molecule has 124 valence electrons. The van der Waals surface area contributed by atoms with Crippen molar-refractivity contribution in [2.45, 2.75) is 26.1 Å². The molecule has 2 aromatic heterocycles. The van der Waals surface area contributed by atoms with Gasteiger partial charge < -0.3 is 10.1 Å². The molecule has 0 bridgehead atoms. The Labute approximate surface area is 140 Å². The highest BCUT2D eigenvalue weighted by molar-refractivity contribution is 7.11. The van der Waals surface area contributed by atoms with Gasteiger partial charge in [-0.3, -0.25) is 14.4 Å². The Hall–Kier alpha value is -1.70.